The third kappa shape index (κ3) is 3.92. The molecular formula is C25H23N5O4. The van der Waals surface area contributed by atoms with Gasteiger partial charge >= 0.3 is 0 Å². The van der Waals surface area contributed by atoms with Crippen LogP contribution in [0.2, 0.25) is 0 Å². The normalized spacial score (nSPS) is 11.2. The molecule has 1 N–H and O–H groups in total. The molecule has 3 aromatic heterocycles. The summed E-state index contributed by atoms with van der Waals surface area (Å²) in [7, 11) is 1.55. The lowest BCUT2D eigenvalue weighted by Crippen LogP contribution is -2.27. The number of methoxy groups -OCH3 is 1. The number of benzene rings is 2. The van der Waals surface area contributed by atoms with Crippen molar-refractivity contribution in [3.63, 3.8) is 0 Å². The number of rotatable bonds is 7. The summed E-state index contributed by atoms with van der Waals surface area (Å²) < 4.78 is 14.1. The summed E-state index contributed by atoms with van der Waals surface area (Å²) in [5.74, 6) is 0.420. The fourth-order valence-corrected chi connectivity index (χ4v) is 3.92. The number of aryl methyl sites for hydroxylation is 1. The second-order valence-corrected chi connectivity index (χ2v) is 7.95. The molecule has 0 fully saturated rings. The minimum absolute atomic E-state index is 0.153. The summed E-state index contributed by atoms with van der Waals surface area (Å²) in [6, 6.07) is 15.1. The molecule has 3 heterocycles. The molecule has 0 unspecified atom stereocenters. The zero-order chi connectivity index (χ0) is 23.7. The molecule has 0 atom stereocenters. The van der Waals surface area contributed by atoms with Gasteiger partial charge in [-0.2, -0.15) is 5.10 Å². The van der Waals surface area contributed by atoms with Crippen molar-refractivity contribution in [2.24, 2.45) is 0 Å². The number of amides is 1. The highest BCUT2D eigenvalue weighted by Gasteiger charge is 2.15. The van der Waals surface area contributed by atoms with E-state index in [2.05, 4.69) is 15.4 Å². The zero-order valence-electron chi connectivity index (χ0n) is 18.8. The molecule has 9 heteroatoms. The van der Waals surface area contributed by atoms with Gasteiger partial charge < -0.3 is 14.5 Å². The summed E-state index contributed by atoms with van der Waals surface area (Å²) in [6.07, 6.45) is 3.06. The van der Waals surface area contributed by atoms with Crippen LogP contribution in [0.4, 0.5) is 0 Å². The third-order valence-corrected chi connectivity index (χ3v) is 5.79. The van der Waals surface area contributed by atoms with Gasteiger partial charge in [0.05, 0.1) is 26.4 Å². The highest BCUT2D eigenvalue weighted by Crippen LogP contribution is 2.28. The van der Waals surface area contributed by atoms with Crippen LogP contribution >= 0.6 is 0 Å². The molecule has 9 nitrogen and oxygen atoms in total. The topological polar surface area (TPSA) is 104 Å². The maximum absolute atomic E-state index is 12.9. The van der Waals surface area contributed by atoms with Crippen LogP contribution in [0.3, 0.4) is 0 Å². The molecule has 0 aliphatic heterocycles. The number of hydrogen-bond acceptors (Lipinski definition) is 6. The maximum Gasteiger partial charge on any atom is 0.287 e. The quantitative estimate of drug-likeness (QED) is 0.403. The Balaban J connectivity index is 1.28. The van der Waals surface area contributed by atoms with Crippen LogP contribution in [0.1, 0.15) is 21.7 Å². The molecule has 0 saturated heterocycles. The first-order valence-electron chi connectivity index (χ1n) is 10.9. The van der Waals surface area contributed by atoms with Gasteiger partial charge in [-0.1, -0.05) is 36.4 Å². The Morgan fingerprint density at radius 3 is 2.85 bits per heavy atom. The maximum atomic E-state index is 12.9. The minimum atomic E-state index is -0.344. The van der Waals surface area contributed by atoms with Crippen molar-refractivity contribution in [1.82, 2.24) is 24.6 Å². The summed E-state index contributed by atoms with van der Waals surface area (Å²) >= 11 is 0. The van der Waals surface area contributed by atoms with E-state index in [0.29, 0.717) is 35.5 Å². The van der Waals surface area contributed by atoms with Crippen molar-refractivity contribution in [2.45, 2.75) is 20.0 Å². The number of ether oxygens (including phenoxy) is 1. The zero-order valence-corrected chi connectivity index (χ0v) is 18.8. The van der Waals surface area contributed by atoms with Crippen LogP contribution in [0.25, 0.3) is 22.0 Å². The largest absolute Gasteiger partial charge is 0.493 e. The van der Waals surface area contributed by atoms with Crippen molar-refractivity contribution in [3.8, 4) is 5.75 Å². The molecule has 0 aliphatic carbocycles. The van der Waals surface area contributed by atoms with E-state index >= 15 is 0 Å². The molecule has 0 aliphatic rings. The fourth-order valence-electron chi connectivity index (χ4n) is 3.92. The average molecular weight is 457 g/mol. The van der Waals surface area contributed by atoms with E-state index in [0.717, 1.165) is 16.5 Å². The van der Waals surface area contributed by atoms with Gasteiger partial charge in [0.25, 0.3) is 11.5 Å². The number of nitrogens with zero attached hydrogens (tertiary/aromatic N) is 4. The molecule has 0 radical (unpaired) electrons. The molecule has 0 spiro atoms. The van der Waals surface area contributed by atoms with Gasteiger partial charge in [0.15, 0.2) is 22.7 Å². The second-order valence-electron chi connectivity index (χ2n) is 7.95. The van der Waals surface area contributed by atoms with E-state index in [-0.39, 0.29) is 23.8 Å². The van der Waals surface area contributed by atoms with Crippen molar-refractivity contribution in [3.05, 3.63) is 88.3 Å². The summed E-state index contributed by atoms with van der Waals surface area (Å²) in [6.45, 7) is 3.10. The van der Waals surface area contributed by atoms with E-state index < -0.39 is 0 Å². The Morgan fingerprint density at radius 2 is 2.03 bits per heavy atom. The highest BCUT2D eigenvalue weighted by molar-refractivity contribution is 5.97. The minimum Gasteiger partial charge on any atom is -0.493 e. The number of para-hydroxylation sites is 1. The standard InChI is InChI=1S/C25H23N5O4/c1-16-6-3-4-7-18(16)14-29-15-27-23-19(25(29)32)13-28-30(23)11-10-26-24(31)21-12-17-8-5-9-20(33-2)22(17)34-21/h3-9,12-13,15H,10-11,14H2,1-2H3,(H,26,31). The number of aromatic nitrogens is 4. The first-order chi connectivity index (χ1) is 16.5. The molecule has 34 heavy (non-hydrogen) atoms. The molecule has 5 aromatic rings. The monoisotopic (exact) mass is 457 g/mol. The van der Waals surface area contributed by atoms with E-state index in [1.807, 2.05) is 43.3 Å². The van der Waals surface area contributed by atoms with E-state index in [4.69, 9.17) is 9.15 Å². The van der Waals surface area contributed by atoms with E-state index in [1.54, 1.807) is 28.5 Å². The lowest BCUT2D eigenvalue weighted by molar-refractivity contribution is 0.0926. The smallest absolute Gasteiger partial charge is 0.287 e. The number of furan rings is 1. The van der Waals surface area contributed by atoms with Crippen molar-refractivity contribution in [2.75, 3.05) is 13.7 Å². The van der Waals surface area contributed by atoms with Crippen LogP contribution in [-0.2, 0) is 13.1 Å². The first-order valence-corrected chi connectivity index (χ1v) is 10.9. The molecule has 0 saturated carbocycles. The van der Waals surface area contributed by atoms with Gasteiger partial charge in [0, 0.05) is 11.9 Å². The van der Waals surface area contributed by atoms with Gasteiger partial charge in [-0.05, 0) is 30.2 Å². The number of nitrogens with one attached hydrogen (secondary N) is 1. The third-order valence-electron chi connectivity index (χ3n) is 5.79. The first kappa shape index (κ1) is 21.4. The Hall–Kier alpha value is -4.40. The molecule has 172 valence electrons. The number of fused-ring (bicyclic) bond motifs is 2. The lowest BCUT2D eigenvalue weighted by atomic mass is 10.1. The SMILES string of the molecule is COc1cccc2cc(C(=O)NCCn3ncc4c(=O)n(Cc5ccccc5C)cnc43)oc12. The molecule has 2 aromatic carbocycles. The van der Waals surface area contributed by atoms with Gasteiger partial charge in [0.2, 0.25) is 0 Å². The predicted octanol–water partition coefficient (Wildman–Crippen LogP) is 3.13. The Bertz CT molecular complexity index is 1560. The number of carbonyl (C=O) groups is 1. The average Bonchev–Trinajstić information content (AvgIpc) is 3.47. The summed E-state index contributed by atoms with van der Waals surface area (Å²) in [5, 5.41) is 8.34. The number of carbonyl (C=O) groups excluding carboxylic acids is 1. The lowest BCUT2D eigenvalue weighted by Gasteiger charge is -2.09. The number of hydrogen-bond donors (Lipinski definition) is 1. The Labute approximate surface area is 194 Å². The molecule has 0 bridgehead atoms. The van der Waals surface area contributed by atoms with Crippen LogP contribution in [0.5, 0.6) is 5.75 Å². The van der Waals surface area contributed by atoms with Crippen molar-refractivity contribution < 1.29 is 13.9 Å². The predicted molar refractivity (Wildman–Crippen MR) is 127 cm³/mol. The van der Waals surface area contributed by atoms with Crippen molar-refractivity contribution in [1.29, 1.82) is 0 Å². The van der Waals surface area contributed by atoms with E-state index in [9.17, 15) is 9.59 Å². The van der Waals surface area contributed by atoms with Gasteiger partial charge in [0.1, 0.15) is 11.7 Å². The van der Waals surface area contributed by atoms with Gasteiger partial charge in [-0.3, -0.25) is 14.2 Å². The molecular weight excluding hydrogens is 434 g/mol. The Morgan fingerprint density at radius 1 is 1.18 bits per heavy atom. The highest BCUT2D eigenvalue weighted by atomic mass is 16.5. The van der Waals surface area contributed by atoms with Gasteiger partial charge in [-0.15, -0.1) is 0 Å². The fraction of sp³-hybridized carbons (Fsp3) is 0.200. The van der Waals surface area contributed by atoms with Crippen LogP contribution in [0, 0.1) is 6.92 Å². The van der Waals surface area contributed by atoms with Crippen LogP contribution in [0.15, 0.2) is 70.3 Å². The van der Waals surface area contributed by atoms with Crippen LogP contribution in [-0.4, -0.2) is 38.9 Å². The Kier molecular flexibility index (Phi) is 5.59. The molecule has 1 amide bonds. The van der Waals surface area contributed by atoms with Crippen molar-refractivity contribution >= 4 is 27.9 Å². The summed E-state index contributed by atoms with van der Waals surface area (Å²) in [5.41, 5.74) is 3.03. The molecule has 5 rings (SSSR count). The summed E-state index contributed by atoms with van der Waals surface area (Å²) in [4.78, 5) is 30.0. The van der Waals surface area contributed by atoms with E-state index in [1.165, 1.54) is 12.5 Å². The van der Waals surface area contributed by atoms with Crippen LogP contribution < -0.4 is 15.6 Å². The second kappa shape index (κ2) is 8.86. The van der Waals surface area contributed by atoms with Gasteiger partial charge in [-0.25, -0.2) is 9.67 Å².